The molecule has 0 saturated carbocycles. The molecule has 20 heavy (non-hydrogen) atoms. The van der Waals surface area contributed by atoms with Crippen LogP contribution in [0.25, 0.3) is 11.4 Å². The highest BCUT2D eigenvalue weighted by Gasteiger charge is 2.17. The van der Waals surface area contributed by atoms with E-state index in [1.807, 2.05) is 31.2 Å². The van der Waals surface area contributed by atoms with Gasteiger partial charge in [-0.05, 0) is 25.5 Å². The maximum absolute atomic E-state index is 6.04. The Morgan fingerprint density at radius 1 is 1.30 bits per heavy atom. The van der Waals surface area contributed by atoms with Gasteiger partial charge in [0, 0.05) is 0 Å². The number of unbranched alkanes of at least 4 members (excludes halogenated alkanes) is 1. The lowest BCUT2D eigenvalue weighted by Gasteiger charge is -2.06. The second-order valence-corrected chi connectivity index (χ2v) is 4.63. The average molecular weight is 275 g/mol. The number of nitrogens with two attached hydrogens (primary N) is 1. The molecule has 2 aromatic rings. The van der Waals surface area contributed by atoms with Gasteiger partial charge in [-0.3, -0.25) is 0 Å². The Labute approximate surface area is 119 Å². The molecule has 2 N–H and O–H groups in total. The van der Waals surface area contributed by atoms with Gasteiger partial charge in [0.05, 0.1) is 18.2 Å². The number of benzene rings is 1. The molecule has 0 radical (unpaired) electrons. The van der Waals surface area contributed by atoms with Crippen molar-refractivity contribution in [2.45, 2.75) is 39.2 Å². The molecule has 0 bridgehead atoms. The van der Waals surface area contributed by atoms with Crippen molar-refractivity contribution in [3.63, 3.8) is 0 Å². The summed E-state index contributed by atoms with van der Waals surface area (Å²) in [6.07, 6.45) is 3.00. The standard InChI is InChI=1S/C15H21N3O2/c1-3-5-9-12(16)15-17-14(18-20-15)11-8-6-7-10-13(11)19-4-2/h6-8,10,12H,3-5,9,16H2,1-2H3/t12-/m0/s1. The molecule has 0 aliphatic carbocycles. The molecule has 0 aliphatic heterocycles. The van der Waals surface area contributed by atoms with Crippen LogP contribution >= 0.6 is 0 Å². The van der Waals surface area contributed by atoms with Crippen molar-refractivity contribution >= 4 is 0 Å². The van der Waals surface area contributed by atoms with Crippen LogP contribution in [0.2, 0.25) is 0 Å². The van der Waals surface area contributed by atoms with Gasteiger partial charge in [-0.2, -0.15) is 4.98 Å². The number of hydrogen-bond donors (Lipinski definition) is 1. The predicted molar refractivity (Wildman–Crippen MR) is 77.4 cm³/mol. The molecule has 1 atom stereocenters. The largest absolute Gasteiger partial charge is 0.493 e. The minimum atomic E-state index is -0.199. The van der Waals surface area contributed by atoms with Crippen LogP contribution in [-0.2, 0) is 0 Å². The van der Waals surface area contributed by atoms with Crippen LogP contribution in [-0.4, -0.2) is 16.7 Å². The predicted octanol–water partition coefficient (Wildman–Crippen LogP) is 3.33. The Morgan fingerprint density at radius 3 is 2.85 bits per heavy atom. The molecule has 108 valence electrons. The smallest absolute Gasteiger partial charge is 0.243 e. The fourth-order valence-electron chi connectivity index (χ4n) is 1.98. The van der Waals surface area contributed by atoms with Crippen molar-refractivity contribution in [1.82, 2.24) is 10.1 Å². The summed E-state index contributed by atoms with van der Waals surface area (Å²) in [6.45, 7) is 4.67. The molecular weight excluding hydrogens is 254 g/mol. The van der Waals surface area contributed by atoms with E-state index in [2.05, 4.69) is 17.1 Å². The normalized spacial score (nSPS) is 12.3. The topological polar surface area (TPSA) is 74.2 Å². The third-order valence-corrected chi connectivity index (χ3v) is 3.06. The van der Waals surface area contributed by atoms with Crippen LogP contribution in [0.1, 0.15) is 45.0 Å². The molecular formula is C15H21N3O2. The van der Waals surface area contributed by atoms with Crippen LogP contribution in [0.4, 0.5) is 0 Å². The molecule has 1 heterocycles. The zero-order valence-corrected chi connectivity index (χ0v) is 12.0. The molecule has 0 aliphatic rings. The first-order valence-corrected chi connectivity index (χ1v) is 7.07. The zero-order chi connectivity index (χ0) is 14.4. The van der Waals surface area contributed by atoms with E-state index in [0.29, 0.717) is 18.3 Å². The van der Waals surface area contributed by atoms with Gasteiger partial charge in [-0.15, -0.1) is 0 Å². The second-order valence-electron chi connectivity index (χ2n) is 4.63. The number of nitrogens with zero attached hydrogens (tertiary/aromatic N) is 2. The minimum Gasteiger partial charge on any atom is -0.493 e. The van der Waals surface area contributed by atoms with Gasteiger partial charge in [0.15, 0.2) is 0 Å². The van der Waals surface area contributed by atoms with Gasteiger partial charge < -0.3 is 15.0 Å². The van der Waals surface area contributed by atoms with E-state index in [1.54, 1.807) is 0 Å². The number of rotatable bonds is 7. The second kappa shape index (κ2) is 7.05. The maximum atomic E-state index is 6.04. The highest BCUT2D eigenvalue weighted by Crippen LogP contribution is 2.28. The fraction of sp³-hybridized carbons (Fsp3) is 0.467. The summed E-state index contributed by atoms with van der Waals surface area (Å²) in [6, 6.07) is 7.45. The molecule has 0 saturated heterocycles. The van der Waals surface area contributed by atoms with Gasteiger partial charge in [0.2, 0.25) is 11.7 Å². The van der Waals surface area contributed by atoms with E-state index < -0.39 is 0 Å². The van der Waals surface area contributed by atoms with Crippen molar-refractivity contribution in [1.29, 1.82) is 0 Å². The van der Waals surface area contributed by atoms with Crippen LogP contribution in [0.3, 0.4) is 0 Å². The molecule has 2 rings (SSSR count). The SMILES string of the molecule is CCCC[C@H](N)c1nc(-c2ccccc2OCC)no1. The molecule has 0 fully saturated rings. The lowest BCUT2D eigenvalue weighted by Crippen LogP contribution is -2.10. The Morgan fingerprint density at radius 2 is 2.10 bits per heavy atom. The first kappa shape index (κ1) is 14.5. The van der Waals surface area contributed by atoms with Crippen LogP contribution in [0.15, 0.2) is 28.8 Å². The molecule has 0 unspecified atom stereocenters. The van der Waals surface area contributed by atoms with Gasteiger partial charge in [-0.25, -0.2) is 0 Å². The summed E-state index contributed by atoms with van der Waals surface area (Å²) in [5.41, 5.74) is 6.87. The first-order chi connectivity index (χ1) is 9.76. The van der Waals surface area contributed by atoms with Crippen molar-refractivity contribution in [2.24, 2.45) is 5.73 Å². The van der Waals surface area contributed by atoms with Crippen molar-refractivity contribution in [3.8, 4) is 17.1 Å². The number of aromatic nitrogens is 2. The molecule has 1 aromatic carbocycles. The number of hydrogen-bond acceptors (Lipinski definition) is 5. The summed E-state index contributed by atoms with van der Waals surface area (Å²) in [7, 11) is 0. The Kier molecular flexibility index (Phi) is 5.12. The summed E-state index contributed by atoms with van der Waals surface area (Å²) in [5, 5.41) is 4.01. The van der Waals surface area contributed by atoms with E-state index in [9.17, 15) is 0 Å². The third kappa shape index (κ3) is 3.36. The van der Waals surface area contributed by atoms with Crippen LogP contribution in [0, 0.1) is 0 Å². The molecule has 1 aromatic heterocycles. The highest BCUT2D eigenvalue weighted by molar-refractivity contribution is 5.63. The lowest BCUT2D eigenvalue weighted by atomic mass is 10.1. The fourth-order valence-corrected chi connectivity index (χ4v) is 1.98. The summed E-state index contributed by atoms with van der Waals surface area (Å²) in [4.78, 5) is 4.39. The zero-order valence-electron chi connectivity index (χ0n) is 12.0. The maximum Gasteiger partial charge on any atom is 0.243 e. The van der Waals surface area contributed by atoms with E-state index >= 15 is 0 Å². The van der Waals surface area contributed by atoms with Crippen molar-refractivity contribution < 1.29 is 9.26 Å². The van der Waals surface area contributed by atoms with Gasteiger partial charge in [0.25, 0.3) is 0 Å². The van der Waals surface area contributed by atoms with E-state index in [-0.39, 0.29) is 6.04 Å². The monoisotopic (exact) mass is 275 g/mol. The number of para-hydroxylation sites is 1. The van der Waals surface area contributed by atoms with Crippen LogP contribution in [0.5, 0.6) is 5.75 Å². The Hall–Kier alpha value is -1.88. The van der Waals surface area contributed by atoms with E-state index in [1.165, 1.54) is 0 Å². The lowest BCUT2D eigenvalue weighted by molar-refractivity contribution is 0.339. The summed E-state index contributed by atoms with van der Waals surface area (Å²) < 4.78 is 10.8. The van der Waals surface area contributed by atoms with Crippen molar-refractivity contribution in [2.75, 3.05) is 6.61 Å². The highest BCUT2D eigenvalue weighted by atomic mass is 16.5. The third-order valence-electron chi connectivity index (χ3n) is 3.06. The van der Waals surface area contributed by atoms with Crippen LogP contribution < -0.4 is 10.5 Å². The minimum absolute atomic E-state index is 0.199. The Bertz CT molecular complexity index is 539. The first-order valence-electron chi connectivity index (χ1n) is 7.07. The summed E-state index contributed by atoms with van der Waals surface area (Å²) in [5.74, 6) is 1.76. The molecule has 5 nitrogen and oxygen atoms in total. The quantitative estimate of drug-likeness (QED) is 0.839. The molecule has 0 amide bonds. The van der Waals surface area contributed by atoms with Gasteiger partial charge in [-0.1, -0.05) is 37.1 Å². The number of ether oxygens (including phenoxy) is 1. The van der Waals surface area contributed by atoms with Gasteiger partial charge >= 0.3 is 0 Å². The van der Waals surface area contributed by atoms with Crippen molar-refractivity contribution in [3.05, 3.63) is 30.2 Å². The Balaban J connectivity index is 2.20. The van der Waals surface area contributed by atoms with E-state index in [4.69, 9.17) is 15.0 Å². The average Bonchev–Trinajstić information content (AvgIpc) is 2.95. The molecule has 0 spiro atoms. The van der Waals surface area contributed by atoms with Gasteiger partial charge in [0.1, 0.15) is 5.75 Å². The van der Waals surface area contributed by atoms with E-state index in [0.717, 1.165) is 30.6 Å². The summed E-state index contributed by atoms with van der Waals surface area (Å²) >= 11 is 0. The molecule has 5 heteroatoms.